The zero-order valence-electron chi connectivity index (χ0n) is 11.0. The summed E-state index contributed by atoms with van der Waals surface area (Å²) in [4.78, 5) is 3.88. The summed E-state index contributed by atoms with van der Waals surface area (Å²) in [5.41, 5.74) is 0.826. The van der Waals surface area contributed by atoms with Crippen molar-refractivity contribution < 1.29 is 8.42 Å². The predicted molar refractivity (Wildman–Crippen MR) is 74.2 cm³/mol. The second-order valence-corrected chi connectivity index (χ2v) is 7.01. The van der Waals surface area contributed by atoms with Crippen LogP contribution in [0.2, 0.25) is 0 Å². The molecule has 2 heterocycles. The number of sulfonamides is 1. The van der Waals surface area contributed by atoms with E-state index in [-0.39, 0.29) is 5.75 Å². The minimum Gasteiger partial charge on any atom is -0.253 e. The molecule has 106 valence electrons. The summed E-state index contributed by atoms with van der Waals surface area (Å²) in [6.07, 6.45) is 3.14. The molecule has 0 bridgehead atoms. The van der Waals surface area contributed by atoms with Gasteiger partial charge >= 0.3 is 0 Å². The minimum atomic E-state index is -3.20. The van der Waals surface area contributed by atoms with Crippen LogP contribution in [0.1, 0.15) is 5.56 Å². The third-order valence-corrected chi connectivity index (χ3v) is 5.20. The molecule has 0 saturated carbocycles. The molecule has 3 rings (SSSR count). The summed E-state index contributed by atoms with van der Waals surface area (Å²) in [7, 11) is -3.20. The first kappa shape index (κ1) is 13.3. The van der Waals surface area contributed by atoms with E-state index >= 15 is 0 Å². The van der Waals surface area contributed by atoms with Crippen molar-refractivity contribution in [2.24, 2.45) is 5.92 Å². The highest BCUT2D eigenvalue weighted by molar-refractivity contribution is 7.88. The Balaban J connectivity index is 1.56. The lowest BCUT2D eigenvalue weighted by Gasteiger charge is -2.37. The van der Waals surface area contributed by atoms with E-state index < -0.39 is 10.0 Å². The van der Waals surface area contributed by atoms with Crippen LogP contribution >= 0.6 is 0 Å². The summed E-state index contributed by atoms with van der Waals surface area (Å²) >= 11 is 0. The van der Waals surface area contributed by atoms with E-state index in [0.717, 1.165) is 12.1 Å². The van der Waals surface area contributed by atoms with Crippen LogP contribution in [0.4, 0.5) is 0 Å². The molecule has 1 saturated heterocycles. The molecule has 1 aliphatic rings. The molecule has 1 aliphatic heterocycles. The molecule has 0 atom stereocenters. The molecule has 7 heteroatoms. The molecule has 0 N–H and O–H groups in total. The molecule has 1 aromatic carbocycles. The maximum absolute atomic E-state index is 12.2. The molecule has 0 amide bonds. The van der Waals surface area contributed by atoms with Crippen molar-refractivity contribution in [2.75, 3.05) is 13.1 Å². The van der Waals surface area contributed by atoms with Gasteiger partial charge in [0.05, 0.1) is 5.75 Å². The summed E-state index contributed by atoms with van der Waals surface area (Å²) in [5.74, 6) is 0.395. The van der Waals surface area contributed by atoms with Crippen molar-refractivity contribution in [3.63, 3.8) is 0 Å². The normalized spacial score (nSPS) is 17.0. The van der Waals surface area contributed by atoms with Crippen LogP contribution in [-0.4, -0.2) is 40.6 Å². The topological polar surface area (TPSA) is 68.1 Å². The fourth-order valence-electron chi connectivity index (χ4n) is 2.33. The van der Waals surface area contributed by atoms with Crippen molar-refractivity contribution in [1.82, 2.24) is 19.1 Å². The Morgan fingerprint density at radius 2 is 1.95 bits per heavy atom. The number of nitrogens with zero attached hydrogens (tertiary/aromatic N) is 4. The van der Waals surface area contributed by atoms with Crippen molar-refractivity contribution in [1.29, 1.82) is 0 Å². The van der Waals surface area contributed by atoms with E-state index in [9.17, 15) is 8.42 Å². The molecule has 0 radical (unpaired) electrons. The first-order chi connectivity index (χ1) is 9.63. The third kappa shape index (κ3) is 2.88. The second-order valence-electron chi connectivity index (χ2n) is 5.04. The molecule has 20 heavy (non-hydrogen) atoms. The zero-order chi connectivity index (χ0) is 14.0. The number of hydrogen-bond donors (Lipinski definition) is 0. The molecule has 6 nitrogen and oxygen atoms in total. The molecule has 0 unspecified atom stereocenters. The van der Waals surface area contributed by atoms with Crippen LogP contribution in [0.25, 0.3) is 0 Å². The number of rotatable bonds is 5. The molecule has 2 aromatic rings. The molecular formula is C13H16N4O2S. The van der Waals surface area contributed by atoms with Crippen molar-refractivity contribution in [3.05, 3.63) is 48.5 Å². The highest BCUT2D eigenvalue weighted by atomic mass is 32.2. The van der Waals surface area contributed by atoms with Gasteiger partial charge in [-0.15, -0.1) is 0 Å². The van der Waals surface area contributed by atoms with E-state index in [0.29, 0.717) is 19.0 Å². The molecule has 0 aliphatic carbocycles. The maximum Gasteiger partial charge on any atom is 0.218 e. The van der Waals surface area contributed by atoms with Crippen LogP contribution in [-0.2, 0) is 22.3 Å². The largest absolute Gasteiger partial charge is 0.253 e. The van der Waals surface area contributed by atoms with Crippen LogP contribution in [0, 0.1) is 5.92 Å². The SMILES string of the molecule is O=S(=O)(Cc1ccccc1)N1CC(Cn2cncn2)C1. The van der Waals surface area contributed by atoms with E-state index in [1.807, 2.05) is 30.3 Å². The second kappa shape index (κ2) is 5.34. The van der Waals surface area contributed by atoms with Gasteiger partial charge in [-0.1, -0.05) is 30.3 Å². The van der Waals surface area contributed by atoms with Gasteiger partial charge in [0.25, 0.3) is 0 Å². The van der Waals surface area contributed by atoms with Gasteiger partial charge in [-0.05, 0) is 5.56 Å². The first-order valence-electron chi connectivity index (χ1n) is 6.48. The van der Waals surface area contributed by atoms with Crippen LogP contribution in [0.3, 0.4) is 0 Å². The highest BCUT2D eigenvalue weighted by Crippen LogP contribution is 2.23. The Bertz CT molecular complexity index is 649. The summed E-state index contributed by atoms with van der Waals surface area (Å²) in [5, 5.41) is 4.03. The number of benzene rings is 1. The Hall–Kier alpha value is -1.73. The van der Waals surface area contributed by atoms with Gasteiger partial charge in [0.15, 0.2) is 0 Å². The Morgan fingerprint density at radius 1 is 1.20 bits per heavy atom. The lowest BCUT2D eigenvalue weighted by atomic mass is 10.0. The monoisotopic (exact) mass is 292 g/mol. The van der Waals surface area contributed by atoms with E-state index in [4.69, 9.17) is 0 Å². The van der Waals surface area contributed by atoms with Crippen molar-refractivity contribution >= 4 is 10.0 Å². The summed E-state index contributed by atoms with van der Waals surface area (Å²) in [6.45, 7) is 1.85. The molecular weight excluding hydrogens is 276 g/mol. The van der Waals surface area contributed by atoms with E-state index in [1.54, 1.807) is 15.3 Å². The van der Waals surface area contributed by atoms with Gasteiger partial charge < -0.3 is 0 Å². The highest BCUT2D eigenvalue weighted by Gasteiger charge is 2.35. The minimum absolute atomic E-state index is 0.0733. The molecule has 1 fully saturated rings. The quantitative estimate of drug-likeness (QED) is 0.815. The van der Waals surface area contributed by atoms with Gasteiger partial charge in [-0.25, -0.2) is 17.7 Å². The zero-order valence-corrected chi connectivity index (χ0v) is 11.8. The predicted octanol–water partition coefficient (Wildman–Crippen LogP) is 0.740. The van der Waals surface area contributed by atoms with Crippen molar-refractivity contribution in [3.8, 4) is 0 Å². The number of hydrogen-bond acceptors (Lipinski definition) is 4. The smallest absolute Gasteiger partial charge is 0.218 e. The lowest BCUT2D eigenvalue weighted by molar-refractivity contribution is 0.174. The Morgan fingerprint density at radius 3 is 2.60 bits per heavy atom. The van der Waals surface area contributed by atoms with Crippen molar-refractivity contribution in [2.45, 2.75) is 12.3 Å². The molecule has 0 spiro atoms. The van der Waals surface area contributed by atoms with E-state index in [2.05, 4.69) is 10.1 Å². The van der Waals surface area contributed by atoms with E-state index in [1.165, 1.54) is 6.33 Å². The van der Waals surface area contributed by atoms with Gasteiger partial charge in [0.1, 0.15) is 12.7 Å². The third-order valence-electron chi connectivity index (χ3n) is 3.42. The average Bonchev–Trinajstić information content (AvgIpc) is 2.86. The Labute approximate surface area is 118 Å². The molecule has 1 aromatic heterocycles. The summed E-state index contributed by atoms with van der Waals surface area (Å²) < 4.78 is 27.7. The van der Waals surface area contributed by atoms with Crippen LogP contribution in [0.5, 0.6) is 0 Å². The maximum atomic E-state index is 12.2. The summed E-state index contributed by atoms with van der Waals surface area (Å²) in [6, 6.07) is 9.27. The van der Waals surface area contributed by atoms with Crippen LogP contribution < -0.4 is 0 Å². The Kier molecular flexibility index (Phi) is 3.54. The van der Waals surface area contributed by atoms with Gasteiger partial charge in [-0.2, -0.15) is 5.10 Å². The standard InChI is InChI=1S/C13H16N4O2S/c18-20(19,9-12-4-2-1-3-5-12)17-7-13(8-17)6-16-11-14-10-15-16/h1-5,10-11,13H,6-9H2. The first-order valence-corrected chi connectivity index (χ1v) is 8.08. The van der Waals surface area contributed by atoms with Gasteiger partial charge in [0, 0.05) is 25.6 Å². The fourth-order valence-corrected chi connectivity index (χ4v) is 4.00. The average molecular weight is 292 g/mol. The van der Waals surface area contributed by atoms with Gasteiger partial charge in [-0.3, -0.25) is 4.68 Å². The lowest BCUT2D eigenvalue weighted by Crippen LogP contribution is -2.51. The van der Waals surface area contributed by atoms with Gasteiger partial charge in [0.2, 0.25) is 10.0 Å². The fraction of sp³-hybridized carbons (Fsp3) is 0.385. The number of aromatic nitrogens is 3. The van der Waals surface area contributed by atoms with Crippen LogP contribution in [0.15, 0.2) is 43.0 Å².